The predicted molar refractivity (Wildman–Crippen MR) is 93.8 cm³/mol. The van der Waals surface area contributed by atoms with Crippen molar-refractivity contribution in [3.05, 3.63) is 65.7 Å². The van der Waals surface area contributed by atoms with Gasteiger partial charge in [0, 0.05) is 0 Å². The number of benzene rings is 1. The number of rotatable bonds is 5. The third-order valence-corrected chi connectivity index (χ3v) is 5.86. The Hall–Kier alpha value is -2.89. The third-order valence-electron chi connectivity index (χ3n) is 3.09. The van der Waals surface area contributed by atoms with Gasteiger partial charge in [-0.3, -0.25) is 4.72 Å². The van der Waals surface area contributed by atoms with Crippen molar-refractivity contribution in [2.45, 2.75) is 4.21 Å². The summed E-state index contributed by atoms with van der Waals surface area (Å²) in [7, 11) is -3.59. The molecular formula is C16H12N4O2S2. The molecule has 6 nitrogen and oxygen atoms in total. The van der Waals surface area contributed by atoms with Crippen molar-refractivity contribution in [3.63, 3.8) is 0 Å². The van der Waals surface area contributed by atoms with Crippen molar-refractivity contribution < 1.29 is 8.42 Å². The topological polar surface area (TPSA) is 94.9 Å². The van der Waals surface area contributed by atoms with Crippen molar-refractivity contribution in [3.8, 4) is 6.07 Å². The van der Waals surface area contributed by atoms with Gasteiger partial charge in [-0.05, 0) is 35.7 Å². The number of hydrogen-bond donors (Lipinski definition) is 2. The van der Waals surface area contributed by atoms with E-state index < -0.39 is 10.0 Å². The van der Waals surface area contributed by atoms with Gasteiger partial charge in [0.2, 0.25) is 0 Å². The summed E-state index contributed by atoms with van der Waals surface area (Å²) in [5.41, 5.74) is 1.50. The first-order chi connectivity index (χ1) is 11.6. The molecular weight excluding hydrogens is 344 g/mol. The van der Waals surface area contributed by atoms with E-state index >= 15 is 0 Å². The molecule has 0 saturated carbocycles. The van der Waals surface area contributed by atoms with Gasteiger partial charge < -0.3 is 5.32 Å². The van der Waals surface area contributed by atoms with Crippen molar-refractivity contribution in [2.75, 3.05) is 10.0 Å². The minimum absolute atomic E-state index is 0.243. The number of pyridine rings is 1. The Kier molecular flexibility index (Phi) is 4.46. The molecule has 0 bridgehead atoms. The highest BCUT2D eigenvalue weighted by Crippen LogP contribution is 2.22. The van der Waals surface area contributed by atoms with Crippen molar-refractivity contribution in [1.29, 1.82) is 5.26 Å². The van der Waals surface area contributed by atoms with Gasteiger partial charge in [0.05, 0.1) is 23.1 Å². The monoisotopic (exact) mass is 356 g/mol. The summed E-state index contributed by atoms with van der Waals surface area (Å²) in [6.07, 6.45) is 1.42. The van der Waals surface area contributed by atoms with E-state index in [-0.39, 0.29) is 4.21 Å². The maximum absolute atomic E-state index is 12.1. The summed E-state index contributed by atoms with van der Waals surface area (Å²) < 4.78 is 27.0. The Morgan fingerprint density at radius 1 is 1.08 bits per heavy atom. The van der Waals surface area contributed by atoms with Gasteiger partial charge in [-0.15, -0.1) is 11.3 Å². The molecule has 0 aliphatic carbocycles. The Morgan fingerprint density at radius 3 is 2.58 bits per heavy atom. The number of thiophene rings is 1. The molecule has 2 aromatic heterocycles. The fourth-order valence-corrected chi connectivity index (χ4v) is 4.01. The summed E-state index contributed by atoms with van der Waals surface area (Å²) in [4.78, 5) is 4.17. The minimum atomic E-state index is -3.59. The Morgan fingerprint density at radius 2 is 1.92 bits per heavy atom. The van der Waals surface area contributed by atoms with E-state index in [1.165, 1.54) is 12.3 Å². The van der Waals surface area contributed by atoms with Gasteiger partial charge in [0.25, 0.3) is 10.0 Å². The lowest BCUT2D eigenvalue weighted by molar-refractivity contribution is 0.603. The first-order valence-corrected chi connectivity index (χ1v) is 9.23. The number of nitrogens with one attached hydrogen (secondary N) is 2. The number of nitriles is 1. The molecule has 0 spiro atoms. The second kappa shape index (κ2) is 6.70. The fraction of sp³-hybridized carbons (Fsp3) is 0. The molecule has 3 rings (SSSR count). The molecule has 2 heterocycles. The standard InChI is InChI=1S/C16H12N4O2S2/c17-10-12-4-1-2-5-14(12)19-15-8-7-13(11-18-15)20-24(21,22)16-6-3-9-23-16/h1-9,11,20H,(H,18,19). The Bertz CT molecular complexity index is 976. The van der Waals surface area contributed by atoms with Crippen LogP contribution in [0, 0.1) is 11.3 Å². The molecule has 120 valence electrons. The van der Waals surface area contributed by atoms with E-state index in [0.29, 0.717) is 22.8 Å². The molecule has 0 unspecified atom stereocenters. The highest BCUT2D eigenvalue weighted by molar-refractivity contribution is 7.94. The zero-order valence-corrected chi connectivity index (χ0v) is 13.9. The molecule has 0 aliphatic rings. The molecule has 0 aliphatic heterocycles. The normalized spacial score (nSPS) is 10.8. The van der Waals surface area contributed by atoms with E-state index in [2.05, 4.69) is 21.1 Å². The molecule has 0 saturated heterocycles. The van der Waals surface area contributed by atoms with Crippen LogP contribution in [0.4, 0.5) is 17.2 Å². The summed E-state index contributed by atoms with van der Waals surface area (Å²) in [6, 6.07) is 15.6. The van der Waals surface area contributed by atoms with E-state index in [4.69, 9.17) is 5.26 Å². The van der Waals surface area contributed by atoms with Crippen LogP contribution in [0.3, 0.4) is 0 Å². The van der Waals surface area contributed by atoms with Crippen LogP contribution in [0.1, 0.15) is 5.56 Å². The van der Waals surface area contributed by atoms with Crippen LogP contribution in [0.15, 0.2) is 64.3 Å². The zero-order valence-electron chi connectivity index (χ0n) is 12.3. The second-order valence-electron chi connectivity index (χ2n) is 4.75. The van der Waals surface area contributed by atoms with Gasteiger partial charge in [0.1, 0.15) is 16.1 Å². The van der Waals surface area contributed by atoms with Crippen LogP contribution in [-0.2, 0) is 10.0 Å². The van der Waals surface area contributed by atoms with Gasteiger partial charge in [-0.25, -0.2) is 13.4 Å². The smallest absolute Gasteiger partial charge is 0.271 e. The van der Waals surface area contributed by atoms with Gasteiger partial charge in [-0.1, -0.05) is 18.2 Å². The van der Waals surface area contributed by atoms with Crippen LogP contribution >= 0.6 is 11.3 Å². The molecule has 3 aromatic rings. The first kappa shape index (κ1) is 16.0. The predicted octanol–water partition coefficient (Wildman–Crippen LogP) is 3.56. The molecule has 2 N–H and O–H groups in total. The maximum atomic E-state index is 12.1. The average molecular weight is 356 g/mol. The van der Waals surface area contributed by atoms with E-state index in [9.17, 15) is 8.42 Å². The summed E-state index contributed by atoms with van der Waals surface area (Å²) in [5, 5.41) is 13.8. The number of para-hydroxylation sites is 1. The summed E-state index contributed by atoms with van der Waals surface area (Å²) in [5.74, 6) is 0.511. The largest absolute Gasteiger partial charge is 0.339 e. The van der Waals surface area contributed by atoms with E-state index in [0.717, 1.165) is 11.3 Å². The number of anilines is 3. The molecule has 1 aromatic carbocycles. The molecule has 0 atom stereocenters. The Balaban J connectivity index is 1.76. The number of sulfonamides is 1. The van der Waals surface area contributed by atoms with Crippen LogP contribution < -0.4 is 10.0 Å². The van der Waals surface area contributed by atoms with Crippen LogP contribution in [0.5, 0.6) is 0 Å². The number of nitrogens with zero attached hydrogens (tertiary/aromatic N) is 2. The van der Waals surface area contributed by atoms with Crippen LogP contribution in [-0.4, -0.2) is 13.4 Å². The average Bonchev–Trinajstić information content (AvgIpc) is 3.12. The van der Waals surface area contributed by atoms with Gasteiger partial charge in [0.15, 0.2) is 0 Å². The molecule has 0 fully saturated rings. The SMILES string of the molecule is N#Cc1ccccc1Nc1ccc(NS(=O)(=O)c2cccs2)cn1. The Labute approximate surface area is 143 Å². The van der Waals surface area contributed by atoms with E-state index in [1.807, 2.05) is 6.07 Å². The zero-order chi connectivity index (χ0) is 17.0. The number of aromatic nitrogens is 1. The molecule has 0 radical (unpaired) electrons. The lowest BCUT2D eigenvalue weighted by Crippen LogP contribution is -2.11. The summed E-state index contributed by atoms with van der Waals surface area (Å²) in [6.45, 7) is 0. The van der Waals surface area contributed by atoms with Crippen molar-refractivity contribution in [1.82, 2.24) is 4.98 Å². The quantitative estimate of drug-likeness (QED) is 0.729. The minimum Gasteiger partial charge on any atom is -0.339 e. The fourth-order valence-electron chi connectivity index (χ4n) is 1.98. The lowest BCUT2D eigenvalue weighted by Gasteiger charge is -2.09. The number of hydrogen-bond acceptors (Lipinski definition) is 6. The summed E-state index contributed by atoms with van der Waals surface area (Å²) >= 11 is 1.14. The molecule has 24 heavy (non-hydrogen) atoms. The third kappa shape index (κ3) is 3.53. The van der Waals surface area contributed by atoms with E-state index in [1.54, 1.807) is 41.8 Å². The van der Waals surface area contributed by atoms with Crippen LogP contribution in [0.2, 0.25) is 0 Å². The van der Waals surface area contributed by atoms with Crippen molar-refractivity contribution >= 4 is 38.6 Å². The highest BCUT2D eigenvalue weighted by Gasteiger charge is 2.15. The van der Waals surface area contributed by atoms with Gasteiger partial charge >= 0.3 is 0 Å². The van der Waals surface area contributed by atoms with Crippen molar-refractivity contribution in [2.24, 2.45) is 0 Å². The molecule has 8 heteroatoms. The first-order valence-electron chi connectivity index (χ1n) is 6.87. The van der Waals surface area contributed by atoms with Crippen LogP contribution in [0.25, 0.3) is 0 Å². The molecule has 0 amide bonds. The van der Waals surface area contributed by atoms with Gasteiger partial charge in [-0.2, -0.15) is 5.26 Å². The highest BCUT2D eigenvalue weighted by atomic mass is 32.2. The lowest BCUT2D eigenvalue weighted by atomic mass is 10.2. The maximum Gasteiger partial charge on any atom is 0.271 e. The second-order valence-corrected chi connectivity index (χ2v) is 7.61.